The molecule has 0 aliphatic carbocycles. The Hall–Kier alpha value is -0.820. The Morgan fingerprint density at radius 3 is 2.67 bits per heavy atom. The molecule has 0 aliphatic heterocycles. The summed E-state index contributed by atoms with van der Waals surface area (Å²) in [6.07, 6.45) is -3.75. The van der Waals surface area contributed by atoms with Gasteiger partial charge in [0.25, 0.3) is 0 Å². The van der Waals surface area contributed by atoms with Crippen LogP contribution in [0.1, 0.15) is 12.5 Å². The maximum absolute atomic E-state index is 12.3. The second-order valence-corrected chi connectivity index (χ2v) is 5.68. The van der Waals surface area contributed by atoms with Crippen LogP contribution in [0.15, 0.2) is 12.3 Å². The first-order valence-electron chi connectivity index (χ1n) is 5.16. The van der Waals surface area contributed by atoms with E-state index in [9.17, 15) is 17.4 Å². The molecule has 8 heteroatoms. The summed E-state index contributed by atoms with van der Waals surface area (Å²) in [5.74, 6) is 1.10. The van der Waals surface area contributed by atoms with E-state index < -0.39 is 22.5 Å². The zero-order valence-electron chi connectivity index (χ0n) is 9.55. The zero-order valence-corrected chi connectivity index (χ0v) is 11.1. The predicted octanol–water partition coefficient (Wildman–Crippen LogP) is 2.93. The number of aromatic nitrogens is 1. The molecule has 0 aromatic carbocycles. The summed E-state index contributed by atoms with van der Waals surface area (Å²) in [6, 6.07) is 0.813. The maximum Gasteiger partial charge on any atom is 0.417 e. The minimum absolute atomic E-state index is 0.105. The summed E-state index contributed by atoms with van der Waals surface area (Å²) >= 11 is 5.68. The lowest BCUT2D eigenvalue weighted by molar-refractivity contribution is -0.137. The Bertz CT molecular complexity index is 440. The summed E-state index contributed by atoms with van der Waals surface area (Å²) in [5, 5.41) is 2.65. The molecule has 0 fully saturated rings. The second kappa shape index (κ2) is 6.38. The van der Waals surface area contributed by atoms with Gasteiger partial charge in [-0.05, 0) is 6.07 Å². The lowest BCUT2D eigenvalue weighted by atomic mass is 10.3. The van der Waals surface area contributed by atoms with Gasteiger partial charge in [-0.15, -0.1) is 0 Å². The molecule has 1 aromatic rings. The Morgan fingerprint density at radius 1 is 1.50 bits per heavy atom. The highest BCUT2D eigenvalue weighted by Gasteiger charge is 2.31. The Morgan fingerprint density at radius 2 is 2.17 bits per heavy atom. The van der Waals surface area contributed by atoms with Gasteiger partial charge in [0.15, 0.2) is 0 Å². The van der Waals surface area contributed by atoms with Crippen molar-refractivity contribution in [2.75, 3.05) is 23.4 Å². The molecule has 1 heterocycles. The van der Waals surface area contributed by atoms with E-state index in [0.717, 1.165) is 6.07 Å². The van der Waals surface area contributed by atoms with Crippen molar-refractivity contribution in [3.05, 3.63) is 22.8 Å². The Labute approximate surface area is 110 Å². The topological polar surface area (TPSA) is 42.0 Å². The van der Waals surface area contributed by atoms with Crippen LogP contribution in [0.5, 0.6) is 0 Å². The van der Waals surface area contributed by atoms with E-state index in [1.807, 2.05) is 0 Å². The average Bonchev–Trinajstić information content (AvgIpc) is 2.29. The van der Waals surface area contributed by atoms with Gasteiger partial charge in [-0.3, -0.25) is 4.21 Å². The van der Waals surface area contributed by atoms with Crippen LogP contribution in [-0.2, 0) is 17.0 Å². The van der Waals surface area contributed by atoms with E-state index in [2.05, 4.69) is 10.3 Å². The third kappa shape index (κ3) is 4.45. The third-order valence-corrected chi connectivity index (χ3v) is 3.70. The van der Waals surface area contributed by atoms with E-state index >= 15 is 0 Å². The van der Waals surface area contributed by atoms with Gasteiger partial charge in [-0.1, -0.05) is 18.5 Å². The molecule has 0 spiro atoms. The lowest BCUT2D eigenvalue weighted by Crippen LogP contribution is -2.14. The third-order valence-electron chi connectivity index (χ3n) is 2.11. The smallest absolute Gasteiger partial charge is 0.368 e. The first kappa shape index (κ1) is 15.2. The van der Waals surface area contributed by atoms with E-state index in [1.165, 1.54) is 0 Å². The highest BCUT2D eigenvalue weighted by molar-refractivity contribution is 7.84. The quantitative estimate of drug-likeness (QED) is 0.909. The molecule has 1 aromatic heterocycles. The molecular weight excluding hydrogens is 289 g/mol. The minimum atomic E-state index is -4.46. The number of anilines is 1. The van der Waals surface area contributed by atoms with Crippen molar-refractivity contribution in [1.82, 2.24) is 4.98 Å². The molecule has 0 saturated heterocycles. The normalized spacial score (nSPS) is 13.4. The van der Waals surface area contributed by atoms with Crippen molar-refractivity contribution in [3.63, 3.8) is 0 Å². The highest BCUT2D eigenvalue weighted by atomic mass is 35.5. The highest BCUT2D eigenvalue weighted by Crippen LogP contribution is 2.32. The second-order valence-electron chi connectivity index (χ2n) is 3.41. The number of pyridine rings is 1. The first-order chi connectivity index (χ1) is 8.34. The van der Waals surface area contributed by atoms with Crippen LogP contribution >= 0.6 is 11.6 Å². The largest absolute Gasteiger partial charge is 0.417 e. The van der Waals surface area contributed by atoms with Crippen LogP contribution in [0, 0.1) is 0 Å². The van der Waals surface area contributed by atoms with Crippen LogP contribution < -0.4 is 5.32 Å². The van der Waals surface area contributed by atoms with Gasteiger partial charge in [0.2, 0.25) is 0 Å². The van der Waals surface area contributed by atoms with Crippen LogP contribution in [-0.4, -0.2) is 27.2 Å². The van der Waals surface area contributed by atoms with Gasteiger partial charge in [-0.2, -0.15) is 13.2 Å². The minimum Gasteiger partial charge on any atom is -0.368 e. The number of hydrogen-bond donors (Lipinski definition) is 1. The van der Waals surface area contributed by atoms with Crippen LogP contribution in [0.25, 0.3) is 0 Å². The molecule has 0 saturated carbocycles. The van der Waals surface area contributed by atoms with Gasteiger partial charge in [0.05, 0.1) is 10.6 Å². The predicted molar refractivity (Wildman–Crippen MR) is 66.3 cm³/mol. The molecular formula is C10H12ClF3N2OS. The molecule has 3 nitrogen and oxygen atoms in total. The van der Waals surface area contributed by atoms with Gasteiger partial charge in [0.1, 0.15) is 5.82 Å². The van der Waals surface area contributed by atoms with Crippen LogP contribution in [0.3, 0.4) is 0 Å². The fraction of sp³-hybridized carbons (Fsp3) is 0.500. The molecule has 18 heavy (non-hydrogen) atoms. The standard InChI is InChI=1S/C10H12ClF3N2OS/c1-2-18(17)4-3-15-9-8(11)5-7(6-16-9)10(12,13)14/h5-6H,2-4H2,1H3,(H,15,16). The molecule has 1 rings (SSSR count). The summed E-state index contributed by atoms with van der Waals surface area (Å²) in [4.78, 5) is 3.61. The van der Waals surface area contributed by atoms with Crippen LogP contribution in [0.4, 0.5) is 19.0 Å². The van der Waals surface area contributed by atoms with E-state index in [0.29, 0.717) is 24.2 Å². The van der Waals surface area contributed by atoms with Gasteiger partial charge < -0.3 is 5.32 Å². The molecule has 1 N–H and O–H groups in total. The number of alkyl halides is 3. The van der Waals surface area contributed by atoms with E-state index in [1.54, 1.807) is 6.92 Å². The van der Waals surface area contributed by atoms with Gasteiger partial charge in [-0.25, -0.2) is 4.98 Å². The van der Waals surface area contributed by atoms with Crippen molar-refractivity contribution in [2.24, 2.45) is 0 Å². The molecule has 0 aliphatic rings. The summed E-state index contributed by atoms with van der Waals surface area (Å²) < 4.78 is 48.2. The number of nitrogens with zero attached hydrogens (tertiary/aromatic N) is 1. The van der Waals surface area contributed by atoms with Gasteiger partial charge in [0, 0.05) is 35.0 Å². The first-order valence-corrected chi connectivity index (χ1v) is 7.02. The number of hydrogen-bond acceptors (Lipinski definition) is 3. The molecule has 0 amide bonds. The van der Waals surface area contributed by atoms with Crippen molar-refractivity contribution in [1.29, 1.82) is 0 Å². The van der Waals surface area contributed by atoms with Crippen molar-refractivity contribution in [3.8, 4) is 0 Å². The molecule has 0 radical (unpaired) electrons. The Balaban J connectivity index is 2.66. The molecule has 0 bridgehead atoms. The van der Waals surface area contributed by atoms with E-state index in [-0.39, 0.29) is 10.8 Å². The van der Waals surface area contributed by atoms with Crippen molar-refractivity contribution in [2.45, 2.75) is 13.1 Å². The Kier molecular flexibility index (Phi) is 5.40. The van der Waals surface area contributed by atoms with Crippen LogP contribution in [0.2, 0.25) is 5.02 Å². The fourth-order valence-electron chi connectivity index (χ4n) is 1.15. The summed E-state index contributed by atoms with van der Waals surface area (Å²) in [6.45, 7) is 2.14. The zero-order chi connectivity index (χ0) is 13.8. The monoisotopic (exact) mass is 300 g/mol. The van der Waals surface area contributed by atoms with Crippen molar-refractivity contribution < 1.29 is 17.4 Å². The molecule has 102 valence electrons. The number of nitrogens with one attached hydrogen (secondary N) is 1. The van der Waals surface area contributed by atoms with Gasteiger partial charge >= 0.3 is 6.18 Å². The molecule has 1 atom stereocenters. The SMILES string of the molecule is CCS(=O)CCNc1ncc(C(F)(F)F)cc1Cl. The fourth-order valence-corrected chi connectivity index (χ4v) is 2.00. The maximum atomic E-state index is 12.3. The number of rotatable bonds is 5. The van der Waals surface area contributed by atoms with Crippen molar-refractivity contribution >= 4 is 28.2 Å². The average molecular weight is 301 g/mol. The summed E-state index contributed by atoms with van der Waals surface area (Å²) in [5.41, 5.74) is -0.893. The summed E-state index contributed by atoms with van der Waals surface area (Å²) in [7, 11) is -0.939. The van der Waals surface area contributed by atoms with E-state index in [4.69, 9.17) is 11.6 Å². The number of halogens is 4. The lowest BCUT2D eigenvalue weighted by Gasteiger charge is -2.10. The molecule has 1 unspecified atom stereocenters.